The summed E-state index contributed by atoms with van der Waals surface area (Å²) in [6.07, 6.45) is 0.862. The van der Waals surface area contributed by atoms with Gasteiger partial charge in [-0.2, -0.15) is 0 Å². The first-order valence-electron chi connectivity index (χ1n) is 9.81. The molecule has 9 heteroatoms. The molecule has 2 heterocycles. The molecule has 2 aromatic heterocycles. The Hall–Kier alpha value is -2.39. The number of para-hydroxylation sites is 1. The fourth-order valence-corrected chi connectivity index (χ4v) is 4.93. The van der Waals surface area contributed by atoms with Crippen molar-refractivity contribution >= 4 is 45.5 Å². The molecule has 0 radical (unpaired) electrons. The van der Waals surface area contributed by atoms with Crippen molar-refractivity contribution in [1.29, 1.82) is 0 Å². The molecule has 160 valence electrons. The number of thiazole rings is 1. The highest BCUT2D eigenvalue weighted by Gasteiger charge is 2.17. The maximum absolute atomic E-state index is 6.42. The molecule has 0 fully saturated rings. The lowest BCUT2D eigenvalue weighted by molar-refractivity contribution is 0.189. The summed E-state index contributed by atoms with van der Waals surface area (Å²) < 4.78 is 7.34. The van der Waals surface area contributed by atoms with Crippen molar-refractivity contribution in [2.45, 2.75) is 23.9 Å². The smallest absolute Gasteiger partial charge is 0.191 e. The van der Waals surface area contributed by atoms with Crippen molar-refractivity contribution in [3.8, 4) is 11.4 Å². The summed E-state index contributed by atoms with van der Waals surface area (Å²) in [6, 6.07) is 17.7. The van der Waals surface area contributed by atoms with Gasteiger partial charge in [0.25, 0.3) is 0 Å². The van der Waals surface area contributed by atoms with Crippen LogP contribution in [0.1, 0.15) is 12.1 Å². The highest BCUT2D eigenvalue weighted by Crippen LogP contribution is 2.31. The fourth-order valence-electron chi connectivity index (χ4n) is 3.02. The van der Waals surface area contributed by atoms with Crippen LogP contribution in [0.2, 0.25) is 5.02 Å². The molecule has 6 nitrogen and oxygen atoms in total. The monoisotopic (exact) mass is 471 g/mol. The number of nitrogens with zero attached hydrogens (tertiary/aromatic N) is 4. The van der Waals surface area contributed by atoms with Gasteiger partial charge in [-0.15, -0.1) is 21.5 Å². The van der Waals surface area contributed by atoms with Gasteiger partial charge >= 0.3 is 0 Å². The molecule has 0 saturated carbocycles. The van der Waals surface area contributed by atoms with E-state index < -0.39 is 0 Å². The largest absolute Gasteiger partial charge is 0.385 e. The van der Waals surface area contributed by atoms with E-state index in [9.17, 15) is 0 Å². The molecule has 0 aliphatic rings. The predicted molar refractivity (Wildman–Crippen MR) is 128 cm³/mol. The second-order valence-corrected chi connectivity index (χ2v) is 8.92. The van der Waals surface area contributed by atoms with Crippen LogP contribution < -0.4 is 5.32 Å². The third kappa shape index (κ3) is 5.65. The van der Waals surface area contributed by atoms with Crippen molar-refractivity contribution in [2.75, 3.05) is 19.0 Å². The molecular formula is C22H22ClN5OS2. The van der Waals surface area contributed by atoms with Crippen molar-refractivity contribution in [2.24, 2.45) is 0 Å². The number of hydrogen-bond donors (Lipinski definition) is 1. The third-order valence-corrected chi connectivity index (χ3v) is 6.62. The van der Waals surface area contributed by atoms with Crippen LogP contribution in [0.4, 0.5) is 10.8 Å². The highest BCUT2D eigenvalue weighted by molar-refractivity contribution is 7.98. The number of ether oxygens (including phenoxy) is 1. The van der Waals surface area contributed by atoms with Gasteiger partial charge in [-0.25, -0.2) is 4.98 Å². The number of methoxy groups -OCH3 is 1. The van der Waals surface area contributed by atoms with E-state index in [2.05, 4.69) is 25.5 Å². The van der Waals surface area contributed by atoms with Crippen LogP contribution in [-0.4, -0.2) is 33.5 Å². The highest BCUT2D eigenvalue weighted by atomic mass is 35.5. The molecule has 0 spiro atoms. The second kappa shape index (κ2) is 10.8. The second-order valence-electron chi connectivity index (χ2n) is 6.71. The molecule has 2 aromatic carbocycles. The van der Waals surface area contributed by atoms with Crippen molar-refractivity contribution in [1.82, 2.24) is 19.7 Å². The topological polar surface area (TPSA) is 64.9 Å². The molecular weight excluding hydrogens is 450 g/mol. The average molecular weight is 472 g/mol. The Labute approximate surface area is 194 Å². The summed E-state index contributed by atoms with van der Waals surface area (Å²) in [7, 11) is 1.71. The Morgan fingerprint density at radius 2 is 1.90 bits per heavy atom. The molecule has 31 heavy (non-hydrogen) atoms. The minimum Gasteiger partial charge on any atom is -0.385 e. The Bertz CT molecular complexity index is 1120. The van der Waals surface area contributed by atoms with Gasteiger partial charge in [-0.05, 0) is 30.7 Å². The Kier molecular flexibility index (Phi) is 7.58. The Morgan fingerprint density at radius 3 is 2.71 bits per heavy atom. The van der Waals surface area contributed by atoms with Gasteiger partial charge in [0.2, 0.25) is 0 Å². The van der Waals surface area contributed by atoms with Crippen molar-refractivity contribution in [3.63, 3.8) is 0 Å². The van der Waals surface area contributed by atoms with E-state index >= 15 is 0 Å². The first-order valence-corrected chi connectivity index (χ1v) is 12.0. The van der Waals surface area contributed by atoms with E-state index in [1.807, 2.05) is 54.6 Å². The van der Waals surface area contributed by atoms with Gasteiger partial charge < -0.3 is 14.6 Å². The normalized spacial score (nSPS) is 11.0. The lowest BCUT2D eigenvalue weighted by Gasteiger charge is -2.10. The standard InChI is InChI=1S/C22H22ClN5OS2/c1-29-13-7-12-28-20(18-10-5-6-11-19(18)23)26-27-22(28)31-15-17-14-30-21(25-17)24-16-8-3-2-4-9-16/h2-6,8-11,14H,7,12-13,15H2,1H3,(H,24,25). The number of hydrogen-bond acceptors (Lipinski definition) is 7. The maximum Gasteiger partial charge on any atom is 0.191 e. The van der Waals surface area contributed by atoms with Gasteiger partial charge in [0, 0.05) is 42.6 Å². The van der Waals surface area contributed by atoms with Gasteiger partial charge in [0.05, 0.1) is 10.7 Å². The number of nitrogens with one attached hydrogen (secondary N) is 1. The third-order valence-electron chi connectivity index (χ3n) is 4.49. The van der Waals surface area contributed by atoms with Crippen LogP contribution in [-0.2, 0) is 17.0 Å². The average Bonchev–Trinajstić information content (AvgIpc) is 3.40. The zero-order chi connectivity index (χ0) is 21.5. The maximum atomic E-state index is 6.42. The first-order chi connectivity index (χ1) is 15.2. The summed E-state index contributed by atoms with van der Waals surface area (Å²) in [6.45, 7) is 1.42. The van der Waals surface area contributed by atoms with Crippen LogP contribution in [0.25, 0.3) is 11.4 Å². The molecule has 0 aliphatic heterocycles. The quantitative estimate of drug-likeness (QED) is 0.222. The zero-order valence-corrected chi connectivity index (χ0v) is 19.4. The lowest BCUT2D eigenvalue weighted by atomic mass is 10.2. The van der Waals surface area contributed by atoms with Crippen LogP contribution in [0.3, 0.4) is 0 Å². The van der Waals surface area contributed by atoms with Crippen molar-refractivity contribution in [3.05, 3.63) is 70.7 Å². The Balaban J connectivity index is 1.48. The van der Waals surface area contributed by atoms with Crippen LogP contribution >= 0.6 is 34.7 Å². The summed E-state index contributed by atoms with van der Waals surface area (Å²) in [4.78, 5) is 4.69. The van der Waals surface area contributed by atoms with E-state index in [0.29, 0.717) is 17.4 Å². The summed E-state index contributed by atoms with van der Waals surface area (Å²) in [5.41, 5.74) is 2.90. The number of benzene rings is 2. The number of halogens is 1. The molecule has 0 aliphatic carbocycles. The van der Waals surface area contributed by atoms with Gasteiger partial charge in [-0.1, -0.05) is 53.7 Å². The van der Waals surface area contributed by atoms with E-state index in [1.165, 1.54) is 0 Å². The minimum absolute atomic E-state index is 0.663. The van der Waals surface area contributed by atoms with E-state index in [1.54, 1.807) is 30.2 Å². The van der Waals surface area contributed by atoms with Gasteiger partial charge in [0.15, 0.2) is 16.1 Å². The zero-order valence-electron chi connectivity index (χ0n) is 17.0. The molecule has 0 atom stereocenters. The number of aromatic nitrogens is 4. The summed E-state index contributed by atoms with van der Waals surface area (Å²) in [5, 5.41) is 16.7. The van der Waals surface area contributed by atoms with Crippen LogP contribution in [0, 0.1) is 0 Å². The number of rotatable bonds is 10. The van der Waals surface area contributed by atoms with Gasteiger partial charge in [0.1, 0.15) is 0 Å². The predicted octanol–water partition coefficient (Wildman–Crippen LogP) is 6.13. The number of thioether (sulfide) groups is 1. The SMILES string of the molecule is COCCCn1c(SCc2csc(Nc3ccccc3)n2)nnc1-c1ccccc1Cl. The fraction of sp³-hybridized carbons (Fsp3) is 0.227. The van der Waals surface area contributed by atoms with Gasteiger partial charge in [-0.3, -0.25) is 0 Å². The van der Waals surface area contributed by atoms with E-state index in [-0.39, 0.29) is 0 Å². The summed E-state index contributed by atoms with van der Waals surface area (Å²) in [5.74, 6) is 1.48. The van der Waals surface area contributed by atoms with Crippen LogP contribution in [0.15, 0.2) is 65.1 Å². The molecule has 4 aromatic rings. The minimum atomic E-state index is 0.663. The summed E-state index contributed by atoms with van der Waals surface area (Å²) >= 11 is 9.63. The van der Waals surface area contributed by atoms with E-state index in [4.69, 9.17) is 21.3 Å². The lowest BCUT2D eigenvalue weighted by Crippen LogP contribution is -2.05. The molecule has 0 unspecified atom stereocenters. The number of anilines is 2. The van der Waals surface area contributed by atoms with Crippen molar-refractivity contribution < 1.29 is 4.74 Å². The molecule has 0 amide bonds. The van der Waals surface area contributed by atoms with E-state index in [0.717, 1.165) is 46.0 Å². The molecule has 4 rings (SSSR count). The molecule has 0 saturated heterocycles. The molecule has 0 bridgehead atoms. The van der Waals surface area contributed by atoms with Crippen LogP contribution in [0.5, 0.6) is 0 Å². The Morgan fingerprint density at radius 1 is 1.10 bits per heavy atom. The molecule has 1 N–H and O–H groups in total. The first kappa shape index (κ1) is 21.8.